The molecule has 6 nitrogen and oxygen atoms in total. The number of amides is 1. The summed E-state index contributed by atoms with van der Waals surface area (Å²) in [5, 5.41) is 9.21. The maximum Gasteiger partial charge on any atom is 0.401 e. The van der Waals surface area contributed by atoms with Crippen molar-refractivity contribution < 1.29 is 18.0 Å². The smallest absolute Gasteiger partial charge is 0.341 e. The molecule has 0 bridgehead atoms. The van der Waals surface area contributed by atoms with E-state index in [0.717, 1.165) is 55.8 Å². The molecule has 0 radical (unpaired) electrons. The van der Waals surface area contributed by atoms with Crippen LogP contribution in [-0.4, -0.2) is 56.3 Å². The maximum absolute atomic E-state index is 13.1. The number of fused-ring (bicyclic) bond motifs is 3. The number of carbonyl (C=O) groups is 1. The van der Waals surface area contributed by atoms with Gasteiger partial charge in [0.1, 0.15) is 5.82 Å². The fraction of sp³-hybridized carbons (Fsp3) is 0.591. The van der Waals surface area contributed by atoms with E-state index in [2.05, 4.69) is 10.2 Å². The van der Waals surface area contributed by atoms with Crippen molar-refractivity contribution in [2.45, 2.75) is 50.9 Å². The standard InChI is InChI=1S/C22H23ClF3N5O/c23-16-3-4-17-14(5-16)8-29(12-22(24,25)26)9-18-27-28-19(31(17)18)15-6-21(7-15)10-30(11-21)20(32)13-1-2-13/h3-5,13,15H,1-2,6-12H2. The van der Waals surface area contributed by atoms with Crippen molar-refractivity contribution in [2.75, 3.05) is 19.6 Å². The van der Waals surface area contributed by atoms with E-state index in [9.17, 15) is 18.0 Å². The molecule has 0 unspecified atom stereocenters. The third-order valence-electron chi connectivity index (χ3n) is 7.21. The summed E-state index contributed by atoms with van der Waals surface area (Å²) in [6, 6.07) is 5.33. The van der Waals surface area contributed by atoms with Gasteiger partial charge in [-0.3, -0.25) is 14.3 Å². The van der Waals surface area contributed by atoms with E-state index < -0.39 is 12.7 Å². The molecule has 2 aliphatic carbocycles. The Bertz CT molecular complexity index is 1080. The Morgan fingerprint density at radius 2 is 1.91 bits per heavy atom. The van der Waals surface area contributed by atoms with Crippen LogP contribution in [0.2, 0.25) is 5.02 Å². The van der Waals surface area contributed by atoms with E-state index in [0.29, 0.717) is 16.8 Å². The molecule has 1 amide bonds. The second-order valence-corrected chi connectivity index (χ2v) is 10.4. The number of hydrogen-bond acceptors (Lipinski definition) is 4. The van der Waals surface area contributed by atoms with Crippen molar-refractivity contribution >= 4 is 17.5 Å². The van der Waals surface area contributed by atoms with Crippen molar-refractivity contribution in [3.05, 3.63) is 40.4 Å². The van der Waals surface area contributed by atoms with Gasteiger partial charge in [-0.25, -0.2) is 0 Å². The minimum Gasteiger partial charge on any atom is -0.341 e. The van der Waals surface area contributed by atoms with Crippen molar-refractivity contribution in [1.82, 2.24) is 24.6 Å². The Balaban J connectivity index is 1.25. The molecule has 170 valence electrons. The Morgan fingerprint density at radius 3 is 2.59 bits per heavy atom. The molecule has 0 N–H and O–H groups in total. The second kappa shape index (κ2) is 6.93. The highest BCUT2D eigenvalue weighted by Gasteiger charge is 2.56. The molecular weight excluding hydrogens is 443 g/mol. The highest BCUT2D eigenvalue weighted by Crippen LogP contribution is 2.56. The Morgan fingerprint density at radius 1 is 1.16 bits per heavy atom. The van der Waals surface area contributed by atoms with Crippen LogP contribution in [0.15, 0.2) is 18.2 Å². The predicted octanol–water partition coefficient (Wildman–Crippen LogP) is 3.91. The van der Waals surface area contributed by atoms with E-state index >= 15 is 0 Å². The molecule has 32 heavy (non-hydrogen) atoms. The van der Waals surface area contributed by atoms with E-state index in [1.54, 1.807) is 12.1 Å². The SMILES string of the molecule is O=C(C1CC1)N1CC2(CC(c3nnc4n3-c3ccc(Cl)cc3CN(CC(F)(F)F)C4)C2)C1. The lowest BCUT2D eigenvalue weighted by Crippen LogP contribution is -2.63. The van der Waals surface area contributed by atoms with Gasteiger partial charge in [0.05, 0.1) is 18.8 Å². The quantitative estimate of drug-likeness (QED) is 0.689. The highest BCUT2D eigenvalue weighted by atomic mass is 35.5. The van der Waals surface area contributed by atoms with Crippen LogP contribution in [0.25, 0.3) is 5.69 Å². The molecular formula is C22H23ClF3N5O. The lowest BCUT2D eigenvalue weighted by molar-refractivity contribution is -0.153. The van der Waals surface area contributed by atoms with Gasteiger partial charge in [0, 0.05) is 41.9 Å². The molecule has 1 aromatic carbocycles. The summed E-state index contributed by atoms with van der Waals surface area (Å²) in [7, 11) is 0. The summed E-state index contributed by atoms with van der Waals surface area (Å²) in [6.45, 7) is 0.820. The summed E-state index contributed by atoms with van der Waals surface area (Å²) >= 11 is 6.17. The van der Waals surface area contributed by atoms with Crippen LogP contribution in [0, 0.1) is 11.3 Å². The van der Waals surface area contributed by atoms with E-state index in [1.165, 1.54) is 4.90 Å². The van der Waals surface area contributed by atoms with E-state index in [-0.39, 0.29) is 30.3 Å². The van der Waals surface area contributed by atoms with Gasteiger partial charge in [-0.05, 0) is 49.4 Å². The molecule has 1 saturated heterocycles. The van der Waals surface area contributed by atoms with Crippen LogP contribution in [0.5, 0.6) is 0 Å². The number of halogens is 4. The number of hydrogen-bond donors (Lipinski definition) is 0. The maximum atomic E-state index is 13.1. The molecule has 2 aliphatic heterocycles. The Kier molecular flexibility index (Phi) is 4.44. The van der Waals surface area contributed by atoms with Crippen molar-refractivity contribution in [3.8, 4) is 5.69 Å². The Hall–Kier alpha value is -2.13. The number of benzene rings is 1. The molecule has 2 aromatic rings. The van der Waals surface area contributed by atoms with Crippen LogP contribution in [0.1, 0.15) is 48.8 Å². The lowest BCUT2D eigenvalue weighted by Gasteiger charge is -2.58. The number of carbonyl (C=O) groups excluding carboxylic acids is 1. The van der Waals surface area contributed by atoms with Crippen molar-refractivity contribution in [2.24, 2.45) is 11.3 Å². The van der Waals surface area contributed by atoms with Gasteiger partial charge in [-0.1, -0.05) is 11.6 Å². The fourth-order valence-electron chi connectivity index (χ4n) is 5.65. The van der Waals surface area contributed by atoms with Crippen LogP contribution >= 0.6 is 11.6 Å². The zero-order valence-electron chi connectivity index (χ0n) is 17.4. The molecule has 2 saturated carbocycles. The molecule has 10 heteroatoms. The van der Waals surface area contributed by atoms with Gasteiger partial charge in [0.25, 0.3) is 0 Å². The molecule has 6 rings (SSSR count). The van der Waals surface area contributed by atoms with E-state index in [4.69, 9.17) is 11.6 Å². The van der Waals surface area contributed by atoms with Gasteiger partial charge in [-0.2, -0.15) is 13.2 Å². The minimum absolute atomic E-state index is 0.0698. The summed E-state index contributed by atoms with van der Waals surface area (Å²) in [5.74, 6) is 2.05. The average molecular weight is 466 g/mol. The summed E-state index contributed by atoms with van der Waals surface area (Å²) in [4.78, 5) is 15.6. The van der Waals surface area contributed by atoms with Gasteiger partial charge in [-0.15, -0.1) is 10.2 Å². The first-order valence-corrected chi connectivity index (χ1v) is 11.4. The fourth-order valence-corrected chi connectivity index (χ4v) is 5.85. The summed E-state index contributed by atoms with van der Waals surface area (Å²) in [6.07, 6.45) is -0.411. The first-order chi connectivity index (χ1) is 15.2. The average Bonchev–Trinajstić information content (AvgIpc) is 3.42. The largest absolute Gasteiger partial charge is 0.401 e. The first kappa shape index (κ1) is 20.5. The molecule has 4 aliphatic rings. The number of alkyl halides is 3. The zero-order valence-corrected chi connectivity index (χ0v) is 18.2. The molecule has 3 heterocycles. The Labute approximate surface area is 188 Å². The van der Waals surface area contributed by atoms with Gasteiger partial charge in [0.2, 0.25) is 5.91 Å². The zero-order chi connectivity index (χ0) is 22.3. The summed E-state index contributed by atoms with van der Waals surface area (Å²) in [5.41, 5.74) is 1.70. The molecule has 1 spiro atoms. The number of aromatic nitrogens is 3. The lowest BCUT2D eigenvalue weighted by atomic mass is 9.57. The minimum atomic E-state index is -4.30. The van der Waals surface area contributed by atoms with Gasteiger partial charge in [0.15, 0.2) is 5.82 Å². The predicted molar refractivity (Wildman–Crippen MR) is 110 cm³/mol. The summed E-state index contributed by atoms with van der Waals surface area (Å²) < 4.78 is 41.3. The second-order valence-electron chi connectivity index (χ2n) is 9.92. The van der Waals surface area contributed by atoms with Crippen LogP contribution in [-0.2, 0) is 17.9 Å². The van der Waals surface area contributed by atoms with Crippen LogP contribution in [0.4, 0.5) is 13.2 Å². The molecule has 1 aromatic heterocycles. The van der Waals surface area contributed by atoms with E-state index in [1.807, 2.05) is 15.5 Å². The number of rotatable bonds is 3. The highest BCUT2D eigenvalue weighted by molar-refractivity contribution is 6.30. The molecule has 0 atom stereocenters. The number of likely N-dealkylation sites (tertiary alicyclic amines) is 1. The van der Waals surface area contributed by atoms with Crippen molar-refractivity contribution in [3.63, 3.8) is 0 Å². The van der Waals surface area contributed by atoms with Gasteiger partial charge >= 0.3 is 6.18 Å². The topological polar surface area (TPSA) is 54.3 Å². The van der Waals surface area contributed by atoms with Crippen LogP contribution in [0.3, 0.4) is 0 Å². The van der Waals surface area contributed by atoms with Crippen molar-refractivity contribution in [1.29, 1.82) is 0 Å². The van der Waals surface area contributed by atoms with Gasteiger partial charge < -0.3 is 4.90 Å². The molecule has 3 fully saturated rings. The van der Waals surface area contributed by atoms with Crippen LogP contribution < -0.4 is 0 Å². The third-order valence-corrected chi connectivity index (χ3v) is 7.45. The number of nitrogens with zero attached hydrogens (tertiary/aromatic N) is 5. The third kappa shape index (κ3) is 3.50. The monoisotopic (exact) mass is 465 g/mol. The normalized spacial score (nSPS) is 22.7. The first-order valence-electron chi connectivity index (χ1n) is 11.0.